The van der Waals surface area contributed by atoms with Crippen molar-refractivity contribution < 1.29 is 13.6 Å². The third kappa shape index (κ3) is 5.34. The van der Waals surface area contributed by atoms with Crippen LogP contribution in [0, 0.1) is 16.4 Å². The normalized spacial score (nSPS) is 17.9. The fourth-order valence-corrected chi connectivity index (χ4v) is 4.60. The Kier molecular flexibility index (Phi) is 6.77. The van der Waals surface area contributed by atoms with E-state index in [0.29, 0.717) is 34.6 Å². The van der Waals surface area contributed by atoms with Gasteiger partial charge in [-0.3, -0.25) is 19.2 Å². The minimum Gasteiger partial charge on any atom is -0.352 e. The lowest BCUT2D eigenvalue weighted by molar-refractivity contribution is -0.126. The van der Waals surface area contributed by atoms with E-state index >= 15 is 0 Å². The van der Waals surface area contributed by atoms with Crippen LogP contribution >= 0.6 is 12.2 Å². The highest BCUT2D eigenvalue weighted by Crippen LogP contribution is 2.24. The van der Waals surface area contributed by atoms with E-state index in [1.165, 1.54) is 24.3 Å². The smallest absolute Gasteiger partial charge is 0.237 e. The quantitative estimate of drug-likeness (QED) is 0.505. The van der Waals surface area contributed by atoms with Crippen LogP contribution in [0.15, 0.2) is 48.5 Å². The summed E-state index contributed by atoms with van der Waals surface area (Å²) in [5, 5.41) is 7.85. The molecule has 1 atom stereocenters. The van der Waals surface area contributed by atoms with Crippen LogP contribution in [0.25, 0.3) is 17.1 Å². The molecule has 1 amide bonds. The van der Waals surface area contributed by atoms with Crippen LogP contribution in [0.3, 0.4) is 0 Å². The molecule has 10 heteroatoms. The Balaban J connectivity index is 1.34. The lowest BCUT2D eigenvalue weighted by atomic mass is 10.2. The SMILES string of the molecule is C[C@H](C(=O)NC1CC1)N1CCN(Cn2nc(-c3ccc(F)cc3)n(-c3ccc(F)cc3)c2=S)CC1. The van der Waals surface area contributed by atoms with Crippen LogP contribution in [-0.2, 0) is 11.5 Å². The number of benzene rings is 2. The van der Waals surface area contributed by atoms with E-state index < -0.39 is 0 Å². The molecule has 1 saturated carbocycles. The zero-order valence-corrected chi connectivity index (χ0v) is 20.3. The van der Waals surface area contributed by atoms with Crippen molar-refractivity contribution in [2.75, 3.05) is 26.2 Å². The highest BCUT2D eigenvalue weighted by molar-refractivity contribution is 7.71. The first-order chi connectivity index (χ1) is 16.9. The molecule has 2 aromatic carbocycles. The number of rotatable bonds is 7. The van der Waals surface area contributed by atoms with Crippen LogP contribution in [0.5, 0.6) is 0 Å². The molecule has 0 radical (unpaired) electrons. The van der Waals surface area contributed by atoms with Crippen molar-refractivity contribution in [1.82, 2.24) is 29.5 Å². The zero-order valence-electron chi connectivity index (χ0n) is 19.5. The molecule has 0 spiro atoms. The van der Waals surface area contributed by atoms with Crippen LogP contribution < -0.4 is 5.32 Å². The standard InChI is InChI=1S/C25H28F2N6OS/c1-17(24(34)28-21-8-9-21)31-14-12-30(13-15-31)16-32-25(35)33(22-10-6-20(27)7-11-22)23(29-32)18-2-4-19(26)5-3-18/h2-7,10-11,17,21H,8-9,12-16H2,1H3,(H,28,34)/t17-/m1/s1. The van der Waals surface area contributed by atoms with Gasteiger partial charge in [-0.1, -0.05) is 0 Å². The monoisotopic (exact) mass is 498 g/mol. The van der Waals surface area contributed by atoms with E-state index in [1.54, 1.807) is 33.5 Å². The highest BCUT2D eigenvalue weighted by atomic mass is 32.1. The van der Waals surface area contributed by atoms with Gasteiger partial charge in [-0.2, -0.15) is 0 Å². The van der Waals surface area contributed by atoms with Crippen molar-refractivity contribution >= 4 is 18.1 Å². The number of piperazine rings is 1. The summed E-state index contributed by atoms with van der Waals surface area (Å²) in [5.41, 5.74) is 1.39. The predicted molar refractivity (Wildman–Crippen MR) is 132 cm³/mol. The molecular formula is C25H28F2N6OS. The molecule has 5 rings (SSSR count). The number of hydrogen-bond acceptors (Lipinski definition) is 5. The summed E-state index contributed by atoms with van der Waals surface area (Å²) in [6.07, 6.45) is 2.16. The number of nitrogens with one attached hydrogen (secondary N) is 1. The van der Waals surface area contributed by atoms with Gasteiger partial charge in [0.1, 0.15) is 11.6 Å². The summed E-state index contributed by atoms with van der Waals surface area (Å²) < 4.78 is 31.1. The Bertz CT molecular complexity index is 1240. The van der Waals surface area contributed by atoms with Gasteiger partial charge in [0.25, 0.3) is 0 Å². The van der Waals surface area contributed by atoms with E-state index in [2.05, 4.69) is 15.1 Å². The Morgan fingerprint density at radius 2 is 1.63 bits per heavy atom. The molecule has 7 nitrogen and oxygen atoms in total. The van der Waals surface area contributed by atoms with Crippen molar-refractivity contribution in [3.8, 4) is 17.1 Å². The highest BCUT2D eigenvalue weighted by Gasteiger charge is 2.30. The van der Waals surface area contributed by atoms with Crippen LogP contribution in [0.1, 0.15) is 19.8 Å². The Labute approximate surface area is 208 Å². The Morgan fingerprint density at radius 3 is 2.23 bits per heavy atom. The summed E-state index contributed by atoms with van der Waals surface area (Å²) >= 11 is 5.77. The van der Waals surface area contributed by atoms with Crippen LogP contribution in [0.2, 0.25) is 0 Å². The Hall–Kier alpha value is -2.95. The molecule has 2 aliphatic rings. The van der Waals surface area contributed by atoms with E-state index in [0.717, 1.165) is 39.0 Å². The van der Waals surface area contributed by atoms with E-state index in [9.17, 15) is 13.6 Å². The summed E-state index contributed by atoms with van der Waals surface area (Å²) in [5.74, 6) is -0.0114. The molecular weight excluding hydrogens is 470 g/mol. The largest absolute Gasteiger partial charge is 0.352 e. The number of nitrogens with zero attached hydrogens (tertiary/aromatic N) is 5. The molecule has 1 saturated heterocycles. The molecule has 0 unspecified atom stereocenters. The third-order valence-corrected chi connectivity index (χ3v) is 7.01. The molecule has 0 bridgehead atoms. The maximum Gasteiger partial charge on any atom is 0.237 e. The topological polar surface area (TPSA) is 58.3 Å². The van der Waals surface area contributed by atoms with Gasteiger partial charge in [0.2, 0.25) is 10.7 Å². The lowest BCUT2D eigenvalue weighted by Gasteiger charge is -2.37. The van der Waals surface area contributed by atoms with Crippen LogP contribution in [0.4, 0.5) is 8.78 Å². The number of carbonyl (C=O) groups excluding carboxylic acids is 1. The van der Waals surface area contributed by atoms with Gasteiger partial charge in [-0.05, 0) is 80.5 Å². The molecule has 1 aliphatic carbocycles. The minimum absolute atomic E-state index is 0.102. The first kappa shape index (κ1) is 23.8. The molecule has 184 valence electrons. The maximum absolute atomic E-state index is 13.6. The second-order valence-corrected chi connectivity index (χ2v) is 9.54. The minimum atomic E-state index is -0.339. The van der Waals surface area contributed by atoms with Gasteiger partial charge in [0.05, 0.1) is 18.4 Å². The third-order valence-electron chi connectivity index (χ3n) is 6.62. The van der Waals surface area contributed by atoms with E-state index in [4.69, 9.17) is 17.3 Å². The molecule has 1 aliphatic heterocycles. The molecule has 1 N–H and O–H groups in total. The van der Waals surface area contributed by atoms with Gasteiger partial charge < -0.3 is 5.32 Å². The summed E-state index contributed by atoms with van der Waals surface area (Å²) in [7, 11) is 0. The predicted octanol–water partition coefficient (Wildman–Crippen LogP) is 3.59. The number of amides is 1. The molecule has 35 heavy (non-hydrogen) atoms. The van der Waals surface area contributed by atoms with Gasteiger partial charge in [0, 0.05) is 37.8 Å². The van der Waals surface area contributed by atoms with Crippen molar-refractivity contribution in [2.45, 2.75) is 38.5 Å². The fourth-order valence-electron chi connectivity index (χ4n) is 4.31. The van der Waals surface area contributed by atoms with Crippen molar-refractivity contribution in [3.63, 3.8) is 0 Å². The average Bonchev–Trinajstić information content (AvgIpc) is 3.62. The second kappa shape index (κ2) is 9.96. The van der Waals surface area contributed by atoms with Gasteiger partial charge >= 0.3 is 0 Å². The van der Waals surface area contributed by atoms with Gasteiger partial charge in [-0.15, -0.1) is 5.10 Å². The second-order valence-electron chi connectivity index (χ2n) is 9.18. The number of aromatic nitrogens is 3. The van der Waals surface area contributed by atoms with Gasteiger partial charge in [-0.25, -0.2) is 13.5 Å². The molecule has 2 fully saturated rings. The number of halogens is 2. The van der Waals surface area contributed by atoms with Crippen molar-refractivity contribution in [2.24, 2.45) is 0 Å². The average molecular weight is 499 g/mol. The molecule has 2 heterocycles. The maximum atomic E-state index is 13.6. The molecule has 1 aromatic heterocycles. The summed E-state index contributed by atoms with van der Waals surface area (Å²) in [6.45, 7) is 5.54. The first-order valence-corrected chi connectivity index (χ1v) is 12.3. The number of hydrogen-bond donors (Lipinski definition) is 1. The van der Waals surface area contributed by atoms with Gasteiger partial charge in [0.15, 0.2) is 5.82 Å². The zero-order chi connectivity index (χ0) is 24.5. The summed E-state index contributed by atoms with van der Waals surface area (Å²) in [4.78, 5) is 16.9. The van der Waals surface area contributed by atoms with E-state index in [1.807, 2.05) is 6.92 Å². The Morgan fingerprint density at radius 1 is 1.03 bits per heavy atom. The molecule has 3 aromatic rings. The first-order valence-electron chi connectivity index (χ1n) is 11.9. The van der Waals surface area contributed by atoms with Crippen molar-refractivity contribution in [3.05, 3.63) is 64.9 Å². The summed E-state index contributed by atoms with van der Waals surface area (Å²) in [6, 6.07) is 12.3. The van der Waals surface area contributed by atoms with Crippen LogP contribution in [-0.4, -0.2) is 68.3 Å². The lowest BCUT2D eigenvalue weighted by Crippen LogP contribution is -2.54. The van der Waals surface area contributed by atoms with E-state index in [-0.39, 0.29) is 23.6 Å². The van der Waals surface area contributed by atoms with Crippen molar-refractivity contribution in [1.29, 1.82) is 0 Å². The fraction of sp³-hybridized carbons (Fsp3) is 0.400. The number of carbonyl (C=O) groups is 1.